The summed E-state index contributed by atoms with van der Waals surface area (Å²) in [4.78, 5) is 4.07. The summed E-state index contributed by atoms with van der Waals surface area (Å²) in [6.07, 6.45) is 1.80. The summed E-state index contributed by atoms with van der Waals surface area (Å²) < 4.78 is 5.37. The molecule has 2 aromatic rings. The van der Waals surface area contributed by atoms with Crippen molar-refractivity contribution in [2.45, 2.75) is 6.42 Å². The van der Waals surface area contributed by atoms with Gasteiger partial charge >= 0.3 is 0 Å². The first-order valence-electron chi connectivity index (χ1n) is 4.37. The lowest BCUT2D eigenvalue weighted by molar-refractivity contribution is 0.533. The Morgan fingerprint density at radius 1 is 1.33 bits per heavy atom. The highest BCUT2D eigenvalue weighted by molar-refractivity contribution is 6.30. The third kappa shape index (κ3) is 2.17. The van der Waals surface area contributed by atoms with Gasteiger partial charge in [-0.15, -0.1) is 0 Å². The number of nitrogens with zero attached hydrogens (tertiary/aromatic N) is 2. The van der Waals surface area contributed by atoms with Crippen LogP contribution in [-0.4, -0.2) is 4.98 Å². The van der Waals surface area contributed by atoms with Gasteiger partial charge in [-0.1, -0.05) is 11.6 Å². The fraction of sp³-hybridized carbons (Fsp3) is 0.0909. The summed E-state index contributed by atoms with van der Waals surface area (Å²) >= 11 is 5.76. The molecule has 0 aliphatic heterocycles. The van der Waals surface area contributed by atoms with Gasteiger partial charge in [0, 0.05) is 10.6 Å². The van der Waals surface area contributed by atoms with E-state index in [2.05, 4.69) is 4.98 Å². The average Bonchev–Trinajstić information content (AvgIpc) is 2.68. The van der Waals surface area contributed by atoms with E-state index in [1.54, 1.807) is 18.3 Å². The van der Waals surface area contributed by atoms with Crippen LogP contribution >= 0.6 is 11.6 Å². The molecule has 1 aromatic heterocycles. The molecular weight excluding hydrogens is 212 g/mol. The first-order valence-corrected chi connectivity index (χ1v) is 4.75. The molecule has 74 valence electrons. The maximum Gasteiger partial charge on any atom is 0.226 e. The van der Waals surface area contributed by atoms with Gasteiger partial charge < -0.3 is 4.42 Å². The molecule has 0 aliphatic rings. The number of hydrogen-bond donors (Lipinski definition) is 0. The summed E-state index contributed by atoms with van der Waals surface area (Å²) in [7, 11) is 0. The predicted molar refractivity (Wildman–Crippen MR) is 56.3 cm³/mol. The number of hydrogen-bond acceptors (Lipinski definition) is 3. The zero-order valence-corrected chi connectivity index (χ0v) is 8.53. The van der Waals surface area contributed by atoms with Crippen molar-refractivity contribution >= 4 is 11.6 Å². The highest BCUT2D eigenvalue weighted by Crippen LogP contribution is 2.21. The van der Waals surface area contributed by atoms with Crippen LogP contribution in [0.4, 0.5) is 0 Å². The third-order valence-electron chi connectivity index (χ3n) is 1.90. The molecule has 2 rings (SSSR count). The van der Waals surface area contributed by atoms with Crippen molar-refractivity contribution in [2.24, 2.45) is 0 Å². The molecule has 1 aromatic carbocycles. The second-order valence-corrected chi connectivity index (χ2v) is 3.41. The molecule has 0 fully saturated rings. The molecular formula is C11H7ClN2O. The summed E-state index contributed by atoms with van der Waals surface area (Å²) in [6.45, 7) is 0. The van der Waals surface area contributed by atoms with E-state index in [9.17, 15) is 0 Å². The fourth-order valence-corrected chi connectivity index (χ4v) is 1.32. The van der Waals surface area contributed by atoms with Crippen molar-refractivity contribution < 1.29 is 4.42 Å². The van der Waals surface area contributed by atoms with Crippen molar-refractivity contribution in [1.29, 1.82) is 5.26 Å². The SMILES string of the molecule is N#CCc1cnc(-c2ccc(Cl)cc2)o1. The van der Waals surface area contributed by atoms with Gasteiger partial charge in [0.25, 0.3) is 0 Å². The number of benzene rings is 1. The number of rotatable bonds is 2. The molecule has 0 atom stereocenters. The molecule has 15 heavy (non-hydrogen) atoms. The van der Waals surface area contributed by atoms with Gasteiger partial charge in [-0.2, -0.15) is 5.26 Å². The molecule has 0 unspecified atom stereocenters. The normalized spacial score (nSPS) is 9.87. The Bertz CT molecular complexity index is 496. The first-order chi connectivity index (χ1) is 7.29. The standard InChI is InChI=1S/C11H7ClN2O/c12-9-3-1-8(2-4-9)11-14-7-10(15-11)5-6-13/h1-4,7H,5H2. The minimum Gasteiger partial charge on any atom is -0.440 e. The van der Waals surface area contributed by atoms with E-state index in [1.807, 2.05) is 18.2 Å². The van der Waals surface area contributed by atoms with Gasteiger partial charge in [-0.3, -0.25) is 0 Å². The lowest BCUT2D eigenvalue weighted by Gasteiger charge is -1.94. The number of halogens is 1. The van der Waals surface area contributed by atoms with E-state index in [4.69, 9.17) is 21.3 Å². The van der Waals surface area contributed by atoms with E-state index in [-0.39, 0.29) is 6.42 Å². The zero-order chi connectivity index (χ0) is 10.7. The number of aromatic nitrogens is 1. The maximum absolute atomic E-state index is 8.48. The smallest absolute Gasteiger partial charge is 0.226 e. The molecule has 0 bridgehead atoms. The van der Waals surface area contributed by atoms with Gasteiger partial charge in [0.05, 0.1) is 18.7 Å². The van der Waals surface area contributed by atoms with Gasteiger partial charge in [0.15, 0.2) is 0 Å². The lowest BCUT2D eigenvalue weighted by Crippen LogP contribution is -1.75. The van der Waals surface area contributed by atoms with E-state index in [0.29, 0.717) is 16.7 Å². The summed E-state index contributed by atoms with van der Waals surface area (Å²) in [5, 5.41) is 9.15. The highest BCUT2D eigenvalue weighted by atomic mass is 35.5. The van der Waals surface area contributed by atoms with Crippen molar-refractivity contribution in [3.63, 3.8) is 0 Å². The van der Waals surface area contributed by atoms with Crippen LogP contribution < -0.4 is 0 Å². The molecule has 3 nitrogen and oxygen atoms in total. The second-order valence-electron chi connectivity index (χ2n) is 2.97. The molecule has 0 saturated heterocycles. The van der Waals surface area contributed by atoms with Crippen LogP contribution in [0.2, 0.25) is 5.02 Å². The topological polar surface area (TPSA) is 49.8 Å². The summed E-state index contributed by atoms with van der Waals surface area (Å²) in [5.41, 5.74) is 0.851. The van der Waals surface area contributed by atoms with Crippen LogP contribution in [0.5, 0.6) is 0 Å². The molecule has 0 N–H and O–H groups in total. The molecule has 0 saturated carbocycles. The van der Waals surface area contributed by atoms with Crippen LogP contribution in [0.3, 0.4) is 0 Å². The Balaban J connectivity index is 2.30. The van der Waals surface area contributed by atoms with E-state index >= 15 is 0 Å². The molecule has 4 heteroatoms. The summed E-state index contributed by atoms with van der Waals surface area (Å²) in [5.74, 6) is 1.08. The van der Waals surface area contributed by atoms with Crippen LogP contribution in [-0.2, 0) is 6.42 Å². The quantitative estimate of drug-likeness (QED) is 0.779. The van der Waals surface area contributed by atoms with Crippen LogP contribution in [0, 0.1) is 11.3 Å². The average molecular weight is 219 g/mol. The first kappa shape index (κ1) is 9.75. The Labute approximate surface area is 91.9 Å². The van der Waals surface area contributed by atoms with E-state index in [1.165, 1.54) is 0 Å². The van der Waals surface area contributed by atoms with E-state index in [0.717, 1.165) is 5.56 Å². The van der Waals surface area contributed by atoms with Crippen LogP contribution in [0.1, 0.15) is 5.76 Å². The lowest BCUT2D eigenvalue weighted by atomic mass is 10.2. The fourth-order valence-electron chi connectivity index (χ4n) is 1.19. The minimum absolute atomic E-state index is 0.237. The molecule has 0 aliphatic carbocycles. The largest absolute Gasteiger partial charge is 0.440 e. The molecule has 1 heterocycles. The highest BCUT2D eigenvalue weighted by Gasteiger charge is 2.05. The van der Waals surface area contributed by atoms with Gasteiger partial charge in [-0.25, -0.2) is 4.98 Å². The van der Waals surface area contributed by atoms with Gasteiger partial charge in [-0.05, 0) is 24.3 Å². The Kier molecular flexibility index (Phi) is 2.70. The Hall–Kier alpha value is -1.79. The number of oxazole rings is 1. The van der Waals surface area contributed by atoms with Crippen molar-refractivity contribution in [3.05, 3.63) is 41.2 Å². The van der Waals surface area contributed by atoms with Gasteiger partial charge in [0.2, 0.25) is 5.89 Å². The zero-order valence-electron chi connectivity index (χ0n) is 7.77. The van der Waals surface area contributed by atoms with Crippen LogP contribution in [0.25, 0.3) is 11.5 Å². The molecule has 0 spiro atoms. The molecule has 0 radical (unpaired) electrons. The number of nitriles is 1. The summed E-state index contributed by atoms with van der Waals surface area (Å²) in [6, 6.07) is 9.19. The monoisotopic (exact) mass is 218 g/mol. The van der Waals surface area contributed by atoms with Crippen molar-refractivity contribution in [1.82, 2.24) is 4.98 Å². The van der Waals surface area contributed by atoms with Crippen molar-refractivity contribution in [3.8, 4) is 17.5 Å². The minimum atomic E-state index is 0.237. The van der Waals surface area contributed by atoms with Gasteiger partial charge in [0.1, 0.15) is 5.76 Å². The van der Waals surface area contributed by atoms with Crippen LogP contribution in [0.15, 0.2) is 34.9 Å². The second kappa shape index (κ2) is 4.16. The van der Waals surface area contributed by atoms with E-state index < -0.39 is 0 Å². The molecule has 0 amide bonds. The van der Waals surface area contributed by atoms with Crippen molar-refractivity contribution in [2.75, 3.05) is 0 Å². The Morgan fingerprint density at radius 3 is 2.73 bits per heavy atom. The maximum atomic E-state index is 8.48. The Morgan fingerprint density at radius 2 is 2.07 bits per heavy atom. The predicted octanol–water partition coefficient (Wildman–Crippen LogP) is 3.06. The third-order valence-corrected chi connectivity index (χ3v) is 2.15.